The first-order chi connectivity index (χ1) is 12.2. The Morgan fingerprint density at radius 2 is 1.72 bits per heavy atom. The van der Waals surface area contributed by atoms with E-state index in [0.29, 0.717) is 23.2 Å². The Bertz CT molecular complexity index is 733. The predicted octanol–water partition coefficient (Wildman–Crippen LogP) is 2.71. The van der Waals surface area contributed by atoms with Crippen LogP contribution in [0.15, 0.2) is 47.6 Å². The molecule has 2 aromatic rings. The van der Waals surface area contributed by atoms with Gasteiger partial charge in [-0.05, 0) is 53.7 Å². The maximum atomic E-state index is 5.25. The van der Waals surface area contributed by atoms with Gasteiger partial charge in [0.05, 0.1) is 27.5 Å². The van der Waals surface area contributed by atoms with Gasteiger partial charge < -0.3 is 19.5 Å². The van der Waals surface area contributed by atoms with Gasteiger partial charge in [0.1, 0.15) is 5.75 Å². The third-order valence-corrected chi connectivity index (χ3v) is 3.64. The fourth-order valence-electron chi connectivity index (χ4n) is 2.06. The van der Waals surface area contributed by atoms with Crippen LogP contribution in [0.2, 0.25) is 0 Å². The Labute approximate surface area is 152 Å². The lowest BCUT2D eigenvalue weighted by Gasteiger charge is -2.08. The van der Waals surface area contributed by atoms with Gasteiger partial charge in [0.25, 0.3) is 0 Å². The summed E-state index contributed by atoms with van der Waals surface area (Å²) in [5.74, 6) is 2.14. The summed E-state index contributed by atoms with van der Waals surface area (Å²) in [6.45, 7) is 0.599. The molecule has 2 rings (SSSR count). The van der Waals surface area contributed by atoms with Gasteiger partial charge in [0.15, 0.2) is 16.6 Å². The quantitative estimate of drug-likeness (QED) is 0.450. The lowest BCUT2D eigenvalue weighted by atomic mass is 10.2. The van der Waals surface area contributed by atoms with E-state index >= 15 is 0 Å². The van der Waals surface area contributed by atoms with E-state index in [0.717, 1.165) is 16.9 Å². The molecule has 132 valence electrons. The van der Waals surface area contributed by atoms with Gasteiger partial charge in [-0.2, -0.15) is 5.10 Å². The van der Waals surface area contributed by atoms with Gasteiger partial charge in [-0.25, -0.2) is 0 Å². The van der Waals surface area contributed by atoms with Crippen LogP contribution in [-0.4, -0.2) is 32.7 Å². The molecule has 0 saturated heterocycles. The van der Waals surface area contributed by atoms with E-state index in [1.54, 1.807) is 27.5 Å². The summed E-state index contributed by atoms with van der Waals surface area (Å²) in [5.41, 5.74) is 4.74. The second-order valence-electron chi connectivity index (χ2n) is 5.02. The molecule has 7 heteroatoms. The highest BCUT2D eigenvalue weighted by Gasteiger charge is 2.03. The first-order valence-electron chi connectivity index (χ1n) is 7.58. The molecule has 0 atom stereocenters. The molecule has 0 fully saturated rings. The van der Waals surface area contributed by atoms with Crippen LogP contribution < -0.4 is 25.0 Å². The topological polar surface area (TPSA) is 64.1 Å². The molecule has 0 heterocycles. The van der Waals surface area contributed by atoms with Crippen molar-refractivity contribution in [2.75, 3.05) is 21.3 Å². The molecule has 2 N–H and O–H groups in total. The van der Waals surface area contributed by atoms with Crippen LogP contribution in [0.1, 0.15) is 11.1 Å². The summed E-state index contributed by atoms with van der Waals surface area (Å²) >= 11 is 5.20. The first-order valence-corrected chi connectivity index (χ1v) is 7.99. The van der Waals surface area contributed by atoms with E-state index in [9.17, 15) is 0 Å². The minimum absolute atomic E-state index is 0.438. The maximum absolute atomic E-state index is 5.25. The number of thiocarbonyl (C=S) groups is 1. The summed E-state index contributed by atoms with van der Waals surface area (Å²) in [6, 6.07) is 13.3. The van der Waals surface area contributed by atoms with Gasteiger partial charge in [-0.15, -0.1) is 0 Å². The molecule has 0 aliphatic carbocycles. The highest BCUT2D eigenvalue weighted by Crippen LogP contribution is 2.26. The van der Waals surface area contributed by atoms with E-state index in [1.807, 2.05) is 42.5 Å². The third-order valence-electron chi connectivity index (χ3n) is 3.40. The van der Waals surface area contributed by atoms with E-state index < -0.39 is 0 Å². The van der Waals surface area contributed by atoms with Crippen molar-refractivity contribution < 1.29 is 14.2 Å². The number of nitrogens with one attached hydrogen (secondary N) is 2. The van der Waals surface area contributed by atoms with Crippen LogP contribution in [-0.2, 0) is 6.54 Å². The Morgan fingerprint density at radius 1 is 1.00 bits per heavy atom. The first kappa shape index (κ1) is 18.5. The average molecular weight is 359 g/mol. The average Bonchev–Trinajstić information content (AvgIpc) is 2.66. The van der Waals surface area contributed by atoms with Gasteiger partial charge in [0.2, 0.25) is 0 Å². The van der Waals surface area contributed by atoms with Crippen LogP contribution >= 0.6 is 12.2 Å². The van der Waals surface area contributed by atoms with Gasteiger partial charge in [-0.3, -0.25) is 5.43 Å². The van der Waals surface area contributed by atoms with Crippen LogP contribution in [0.5, 0.6) is 17.2 Å². The minimum atomic E-state index is 0.438. The Hall–Kier alpha value is -2.80. The van der Waals surface area contributed by atoms with Crippen LogP contribution in [0.25, 0.3) is 0 Å². The van der Waals surface area contributed by atoms with Crippen molar-refractivity contribution in [2.24, 2.45) is 5.10 Å². The normalized spacial score (nSPS) is 10.4. The van der Waals surface area contributed by atoms with Crippen molar-refractivity contribution in [3.8, 4) is 17.2 Å². The van der Waals surface area contributed by atoms with E-state index in [2.05, 4.69) is 15.8 Å². The monoisotopic (exact) mass is 359 g/mol. The maximum Gasteiger partial charge on any atom is 0.187 e. The fourth-order valence-corrected chi connectivity index (χ4v) is 2.19. The summed E-state index contributed by atoms with van der Waals surface area (Å²) in [7, 11) is 4.83. The van der Waals surface area contributed by atoms with Crippen molar-refractivity contribution in [3.63, 3.8) is 0 Å². The molecule has 0 amide bonds. The van der Waals surface area contributed by atoms with Crippen molar-refractivity contribution in [1.29, 1.82) is 0 Å². The largest absolute Gasteiger partial charge is 0.497 e. The second kappa shape index (κ2) is 9.48. The van der Waals surface area contributed by atoms with Crippen molar-refractivity contribution in [3.05, 3.63) is 53.6 Å². The summed E-state index contributed by atoms with van der Waals surface area (Å²) in [4.78, 5) is 0. The number of nitrogens with zero attached hydrogens (tertiary/aromatic N) is 1. The zero-order valence-corrected chi connectivity index (χ0v) is 15.2. The molecule has 2 aromatic carbocycles. The molecule has 0 aromatic heterocycles. The lowest BCUT2D eigenvalue weighted by Crippen LogP contribution is -2.31. The smallest absolute Gasteiger partial charge is 0.187 e. The zero-order chi connectivity index (χ0) is 18.1. The molecule has 25 heavy (non-hydrogen) atoms. The molecule has 0 aliphatic rings. The standard InChI is InChI=1S/C18H21N3O3S/c1-22-15-7-4-13(5-8-15)11-19-18(25)21-20-12-14-6-9-16(23-2)17(10-14)24-3/h4-10,12H,11H2,1-3H3,(H2,19,21,25)/b20-12+. The molecular formula is C18H21N3O3S. The fraction of sp³-hybridized carbons (Fsp3) is 0.222. The van der Waals surface area contributed by atoms with Gasteiger partial charge in [0, 0.05) is 6.54 Å². The molecule has 6 nitrogen and oxygen atoms in total. The van der Waals surface area contributed by atoms with Crippen molar-refractivity contribution in [2.45, 2.75) is 6.54 Å². The molecule has 0 saturated carbocycles. The van der Waals surface area contributed by atoms with E-state index in [4.69, 9.17) is 26.4 Å². The van der Waals surface area contributed by atoms with Crippen molar-refractivity contribution >= 4 is 23.5 Å². The molecule has 0 bridgehead atoms. The highest BCUT2D eigenvalue weighted by molar-refractivity contribution is 7.80. The lowest BCUT2D eigenvalue weighted by molar-refractivity contribution is 0.355. The summed E-state index contributed by atoms with van der Waals surface area (Å²) in [6.07, 6.45) is 1.66. The van der Waals surface area contributed by atoms with Crippen LogP contribution in [0, 0.1) is 0 Å². The second-order valence-corrected chi connectivity index (χ2v) is 5.42. The Kier molecular flexibility index (Phi) is 7.03. The summed E-state index contributed by atoms with van der Waals surface area (Å²) in [5, 5.41) is 7.64. The number of rotatable bonds is 7. The number of hydrazone groups is 1. The molecular weight excluding hydrogens is 338 g/mol. The zero-order valence-electron chi connectivity index (χ0n) is 14.4. The number of benzene rings is 2. The number of ether oxygens (including phenoxy) is 3. The molecule has 0 unspecified atom stereocenters. The minimum Gasteiger partial charge on any atom is -0.497 e. The molecule has 0 spiro atoms. The SMILES string of the molecule is COc1ccc(CNC(=S)N/N=C/c2ccc(OC)c(OC)c2)cc1. The number of methoxy groups -OCH3 is 3. The summed E-state index contributed by atoms with van der Waals surface area (Å²) < 4.78 is 15.6. The van der Waals surface area contributed by atoms with Crippen molar-refractivity contribution in [1.82, 2.24) is 10.7 Å². The Balaban J connectivity index is 1.83. The number of hydrogen-bond acceptors (Lipinski definition) is 5. The third kappa shape index (κ3) is 5.65. The van der Waals surface area contributed by atoms with Gasteiger partial charge in [-0.1, -0.05) is 12.1 Å². The molecule has 0 radical (unpaired) electrons. The highest BCUT2D eigenvalue weighted by atomic mass is 32.1. The van der Waals surface area contributed by atoms with Gasteiger partial charge >= 0.3 is 0 Å². The predicted molar refractivity (Wildman–Crippen MR) is 103 cm³/mol. The molecule has 0 aliphatic heterocycles. The Morgan fingerprint density at radius 3 is 2.36 bits per heavy atom. The van der Waals surface area contributed by atoms with E-state index in [-0.39, 0.29) is 0 Å². The van der Waals surface area contributed by atoms with E-state index in [1.165, 1.54) is 0 Å². The van der Waals surface area contributed by atoms with Crippen LogP contribution in [0.4, 0.5) is 0 Å². The van der Waals surface area contributed by atoms with Crippen LogP contribution in [0.3, 0.4) is 0 Å². The number of hydrogen-bond donors (Lipinski definition) is 2.